The maximum atomic E-state index is 11.7. The van der Waals surface area contributed by atoms with Crippen LogP contribution in [0.4, 0.5) is 0 Å². The number of rotatable bonds is 3. The number of hydrogen-bond donors (Lipinski definition) is 2. The van der Waals surface area contributed by atoms with E-state index in [4.69, 9.17) is 0 Å². The molecular formula is C14H19N3O. The second-order valence-corrected chi connectivity index (χ2v) is 5.11. The first-order valence-electron chi connectivity index (χ1n) is 6.27. The highest BCUT2D eigenvalue weighted by atomic mass is 16.2. The zero-order valence-corrected chi connectivity index (χ0v) is 11.0. The Kier molecular flexibility index (Phi) is 3.65. The Morgan fingerprint density at radius 2 is 2.11 bits per heavy atom. The van der Waals surface area contributed by atoms with Gasteiger partial charge in [0.25, 0.3) is 5.91 Å². The lowest BCUT2D eigenvalue weighted by Crippen LogP contribution is -2.51. The monoisotopic (exact) mass is 245 g/mol. The van der Waals surface area contributed by atoms with Crippen LogP contribution in [-0.4, -0.2) is 17.8 Å². The summed E-state index contributed by atoms with van der Waals surface area (Å²) in [4.78, 5) is 16.2. The number of amidine groups is 1. The van der Waals surface area contributed by atoms with E-state index in [9.17, 15) is 4.79 Å². The summed E-state index contributed by atoms with van der Waals surface area (Å²) in [7, 11) is 0. The summed E-state index contributed by atoms with van der Waals surface area (Å²) < 4.78 is 0. The van der Waals surface area contributed by atoms with Crippen LogP contribution in [0.15, 0.2) is 29.3 Å². The van der Waals surface area contributed by atoms with Gasteiger partial charge in [0.15, 0.2) is 0 Å². The quantitative estimate of drug-likeness (QED) is 0.853. The van der Waals surface area contributed by atoms with E-state index in [1.807, 2.05) is 25.1 Å². The molecule has 0 aromatic heterocycles. The van der Waals surface area contributed by atoms with Crippen molar-refractivity contribution >= 4 is 11.7 Å². The van der Waals surface area contributed by atoms with Crippen LogP contribution in [-0.2, 0) is 4.79 Å². The molecule has 0 spiro atoms. The van der Waals surface area contributed by atoms with Crippen LogP contribution >= 0.6 is 0 Å². The fourth-order valence-electron chi connectivity index (χ4n) is 2.00. The molecular weight excluding hydrogens is 226 g/mol. The molecule has 4 heteroatoms. The number of nitrogens with one attached hydrogen (secondary N) is 2. The maximum absolute atomic E-state index is 11.7. The van der Waals surface area contributed by atoms with E-state index in [2.05, 4.69) is 35.8 Å². The average Bonchev–Trinajstić information content (AvgIpc) is 2.31. The summed E-state index contributed by atoms with van der Waals surface area (Å²) in [5.41, 5.74) is 7.73. The summed E-state index contributed by atoms with van der Waals surface area (Å²) in [5.74, 6) is 1.13. The van der Waals surface area contributed by atoms with Crippen molar-refractivity contribution in [2.75, 3.05) is 0 Å². The van der Waals surface area contributed by atoms with Crippen LogP contribution in [0.25, 0.3) is 0 Å². The second-order valence-electron chi connectivity index (χ2n) is 5.11. The summed E-state index contributed by atoms with van der Waals surface area (Å²) in [6.07, 6.45) is 0.767. The number of nitrogens with zero attached hydrogens (tertiary/aromatic N) is 1. The number of aliphatic imine (C=N–C) groups is 1. The van der Waals surface area contributed by atoms with Gasteiger partial charge in [-0.1, -0.05) is 37.6 Å². The number of hydrazine groups is 1. The lowest BCUT2D eigenvalue weighted by Gasteiger charge is -2.23. The molecule has 0 bridgehead atoms. The van der Waals surface area contributed by atoms with E-state index in [-0.39, 0.29) is 11.9 Å². The number of benzene rings is 1. The predicted octanol–water partition coefficient (Wildman–Crippen LogP) is 1.79. The molecule has 1 aromatic rings. The van der Waals surface area contributed by atoms with E-state index >= 15 is 0 Å². The van der Waals surface area contributed by atoms with E-state index in [1.54, 1.807) is 0 Å². The normalized spacial score (nSPS) is 19.2. The van der Waals surface area contributed by atoms with Gasteiger partial charge in [0.05, 0.1) is 0 Å². The van der Waals surface area contributed by atoms with E-state index in [1.165, 1.54) is 5.56 Å². The SMILES string of the molecule is Cc1cccc(C2=NC(CC(C)C)C(=O)NN2)c1. The van der Waals surface area contributed by atoms with Crippen molar-refractivity contribution in [1.29, 1.82) is 0 Å². The highest BCUT2D eigenvalue weighted by Gasteiger charge is 2.24. The molecule has 0 radical (unpaired) electrons. The van der Waals surface area contributed by atoms with Gasteiger partial charge < -0.3 is 0 Å². The van der Waals surface area contributed by atoms with Gasteiger partial charge in [-0.2, -0.15) is 0 Å². The van der Waals surface area contributed by atoms with Gasteiger partial charge in [-0.05, 0) is 25.3 Å². The molecule has 2 N–H and O–H groups in total. The minimum atomic E-state index is -0.290. The third-order valence-electron chi connectivity index (χ3n) is 2.88. The number of carbonyl (C=O) groups is 1. The smallest absolute Gasteiger partial charge is 0.263 e. The molecule has 0 aliphatic carbocycles. The van der Waals surface area contributed by atoms with Crippen LogP contribution < -0.4 is 10.9 Å². The topological polar surface area (TPSA) is 53.5 Å². The van der Waals surface area contributed by atoms with Crippen molar-refractivity contribution in [2.24, 2.45) is 10.9 Å². The Morgan fingerprint density at radius 1 is 1.33 bits per heavy atom. The lowest BCUT2D eigenvalue weighted by molar-refractivity contribution is -0.123. The third-order valence-corrected chi connectivity index (χ3v) is 2.88. The van der Waals surface area contributed by atoms with Crippen molar-refractivity contribution < 1.29 is 4.79 Å². The maximum Gasteiger partial charge on any atom is 0.263 e. The molecule has 1 aliphatic rings. The highest BCUT2D eigenvalue weighted by Crippen LogP contribution is 2.13. The first-order valence-corrected chi connectivity index (χ1v) is 6.27. The Morgan fingerprint density at radius 3 is 2.78 bits per heavy atom. The van der Waals surface area contributed by atoms with Crippen molar-refractivity contribution in [1.82, 2.24) is 10.9 Å². The first kappa shape index (κ1) is 12.6. The minimum Gasteiger partial charge on any atom is -0.282 e. The molecule has 0 saturated heterocycles. The summed E-state index contributed by atoms with van der Waals surface area (Å²) in [5, 5.41) is 0. The van der Waals surface area contributed by atoms with Crippen LogP contribution in [0, 0.1) is 12.8 Å². The van der Waals surface area contributed by atoms with Crippen molar-refractivity contribution in [3.05, 3.63) is 35.4 Å². The number of carbonyl (C=O) groups excluding carboxylic acids is 1. The molecule has 2 rings (SSSR count). The standard InChI is InChI=1S/C14H19N3O/c1-9(2)7-12-14(18)17-16-13(15-12)11-6-4-5-10(3)8-11/h4-6,8-9,12H,7H2,1-3H3,(H,15,16)(H,17,18). The first-order chi connectivity index (χ1) is 8.56. The van der Waals surface area contributed by atoms with E-state index in [0.29, 0.717) is 5.92 Å². The molecule has 1 aromatic carbocycles. The summed E-state index contributed by atoms with van der Waals surface area (Å²) in [6.45, 7) is 6.23. The van der Waals surface area contributed by atoms with Gasteiger partial charge in [0.1, 0.15) is 11.9 Å². The van der Waals surface area contributed by atoms with Crippen LogP contribution in [0.3, 0.4) is 0 Å². The van der Waals surface area contributed by atoms with Crippen molar-refractivity contribution in [3.63, 3.8) is 0 Å². The Balaban J connectivity index is 2.25. The van der Waals surface area contributed by atoms with Crippen molar-refractivity contribution in [3.8, 4) is 0 Å². The van der Waals surface area contributed by atoms with E-state index < -0.39 is 0 Å². The highest BCUT2D eigenvalue weighted by molar-refractivity contribution is 6.03. The summed E-state index contributed by atoms with van der Waals surface area (Å²) >= 11 is 0. The van der Waals surface area contributed by atoms with Gasteiger partial charge in [0, 0.05) is 5.56 Å². The largest absolute Gasteiger partial charge is 0.282 e. The fraction of sp³-hybridized carbons (Fsp3) is 0.429. The molecule has 1 amide bonds. The lowest BCUT2D eigenvalue weighted by atomic mass is 10.0. The van der Waals surface area contributed by atoms with Gasteiger partial charge in [-0.15, -0.1) is 0 Å². The van der Waals surface area contributed by atoms with Crippen LogP contribution in [0.5, 0.6) is 0 Å². The van der Waals surface area contributed by atoms with Gasteiger partial charge >= 0.3 is 0 Å². The zero-order chi connectivity index (χ0) is 13.1. The molecule has 0 saturated carbocycles. The zero-order valence-electron chi connectivity index (χ0n) is 11.0. The Labute approximate surface area is 107 Å². The minimum absolute atomic E-state index is 0.0555. The number of hydrogen-bond acceptors (Lipinski definition) is 3. The fourth-order valence-corrected chi connectivity index (χ4v) is 2.00. The van der Waals surface area contributed by atoms with Gasteiger partial charge in [-0.25, -0.2) is 0 Å². The summed E-state index contributed by atoms with van der Waals surface area (Å²) in [6, 6.07) is 7.78. The molecule has 1 heterocycles. The van der Waals surface area contributed by atoms with Gasteiger partial charge in [0.2, 0.25) is 0 Å². The van der Waals surface area contributed by atoms with Gasteiger partial charge in [-0.3, -0.25) is 20.6 Å². The Bertz CT molecular complexity index is 480. The Hall–Kier alpha value is -1.84. The molecule has 4 nitrogen and oxygen atoms in total. The second kappa shape index (κ2) is 5.21. The molecule has 1 atom stereocenters. The van der Waals surface area contributed by atoms with Crippen LogP contribution in [0.1, 0.15) is 31.4 Å². The van der Waals surface area contributed by atoms with E-state index in [0.717, 1.165) is 17.8 Å². The molecule has 96 valence electrons. The molecule has 1 unspecified atom stereocenters. The van der Waals surface area contributed by atoms with Crippen LogP contribution in [0.2, 0.25) is 0 Å². The average molecular weight is 245 g/mol. The molecule has 1 aliphatic heterocycles. The number of aryl methyl sites for hydroxylation is 1. The molecule has 0 fully saturated rings. The molecule has 18 heavy (non-hydrogen) atoms. The van der Waals surface area contributed by atoms with Crippen molar-refractivity contribution in [2.45, 2.75) is 33.2 Å². The number of amides is 1. The third kappa shape index (κ3) is 2.88. The predicted molar refractivity (Wildman–Crippen MR) is 72.2 cm³/mol.